The second-order valence-corrected chi connectivity index (χ2v) is 6.13. The summed E-state index contributed by atoms with van der Waals surface area (Å²) in [6, 6.07) is 5.14. The number of H-pyrrole nitrogens is 1. The van der Waals surface area contributed by atoms with Gasteiger partial charge in [-0.15, -0.1) is 0 Å². The highest BCUT2D eigenvalue weighted by molar-refractivity contribution is 6.31. The highest BCUT2D eigenvalue weighted by Crippen LogP contribution is 2.23. The predicted molar refractivity (Wildman–Crippen MR) is 95.4 cm³/mol. The van der Waals surface area contributed by atoms with Crippen LogP contribution < -0.4 is 5.32 Å². The fraction of sp³-hybridized carbons (Fsp3) is 0.278. The molecule has 2 aromatic rings. The van der Waals surface area contributed by atoms with Crippen molar-refractivity contribution in [3.05, 3.63) is 51.3 Å². The summed E-state index contributed by atoms with van der Waals surface area (Å²) < 4.78 is 5.03. The van der Waals surface area contributed by atoms with E-state index in [4.69, 9.17) is 16.3 Å². The minimum atomic E-state index is -0.689. The molecule has 0 radical (unpaired) electrons. The molecule has 0 atom stereocenters. The number of esters is 1. The lowest BCUT2D eigenvalue weighted by Gasteiger charge is -2.10. The Hall–Kier alpha value is -2.60. The van der Waals surface area contributed by atoms with Crippen LogP contribution in [-0.2, 0) is 9.53 Å². The van der Waals surface area contributed by atoms with Gasteiger partial charge in [-0.05, 0) is 51.0 Å². The zero-order valence-corrected chi connectivity index (χ0v) is 15.2. The van der Waals surface area contributed by atoms with Crippen LogP contribution in [0.4, 0.5) is 5.69 Å². The van der Waals surface area contributed by atoms with Crippen molar-refractivity contribution in [1.29, 1.82) is 0 Å². The smallest absolute Gasteiger partial charge is 0.355 e. The van der Waals surface area contributed by atoms with Crippen molar-refractivity contribution in [3.8, 4) is 0 Å². The third-order valence-corrected chi connectivity index (χ3v) is 4.28. The largest absolute Gasteiger partial charge is 0.451 e. The van der Waals surface area contributed by atoms with Crippen molar-refractivity contribution in [2.45, 2.75) is 27.7 Å². The molecular formula is C18H19ClN2O4. The molecule has 2 rings (SSSR count). The lowest BCUT2D eigenvalue weighted by Crippen LogP contribution is -2.21. The number of halogens is 1. The number of aromatic amines is 1. The number of aromatic nitrogens is 1. The van der Waals surface area contributed by atoms with E-state index in [1.807, 2.05) is 0 Å². The Labute approximate surface area is 150 Å². The summed E-state index contributed by atoms with van der Waals surface area (Å²) in [4.78, 5) is 38.6. The van der Waals surface area contributed by atoms with E-state index in [1.165, 1.54) is 6.92 Å². The van der Waals surface area contributed by atoms with Gasteiger partial charge in [0.2, 0.25) is 0 Å². The first kappa shape index (κ1) is 18.7. The molecule has 1 aromatic heterocycles. The minimum absolute atomic E-state index is 0.139. The predicted octanol–water partition coefficient (Wildman–Crippen LogP) is 3.59. The Morgan fingerprint density at radius 3 is 2.44 bits per heavy atom. The number of hydrogen-bond donors (Lipinski definition) is 2. The number of Topliss-reactive ketones (excluding diaryl/α,β-unsaturated/α-hetero) is 1. The number of carbonyl (C=O) groups excluding carboxylic acids is 3. The molecule has 0 aliphatic rings. The zero-order valence-electron chi connectivity index (χ0n) is 14.5. The van der Waals surface area contributed by atoms with Gasteiger partial charge < -0.3 is 15.0 Å². The number of ketones is 1. The summed E-state index contributed by atoms with van der Waals surface area (Å²) in [7, 11) is 0. The van der Waals surface area contributed by atoms with Gasteiger partial charge in [0.1, 0.15) is 5.69 Å². The van der Waals surface area contributed by atoms with E-state index in [1.54, 1.807) is 39.0 Å². The van der Waals surface area contributed by atoms with E-state index in [0.717, 1.165) is 5.56 Å². The Bertz CT molecular complexity index is 855. The first-order chi connectivity index (χ1) is 11.7. The molecule has 0 bridgehead atoms. The topological polar surface area (TPSA) is 88.3 Å². The van der Waals surface area contributed by atoms with Crippen LogP contribution in [0.5, 0.6) is 0 Å². The van der Waals surface area contributed by atoms with Crippen LogP contribution >= 0.6 is 11.6 Å². The molecule has 1 aromatic carbocycles. The SMILES string of the molecule is CC(=O)c1c(C)[nH]c(C(=O)OCC(=O)Nc2cccc(Cl)c2C)c1C. The van der Waals surface area contributed by atoms with E-state index in [9.17, 15) is 14.4 Å². The number of ether oxygens (including phenoxy) is 1. The Morgan fingerprint density at radius 2 is 1.84 bits per heavy atom. The molecule has 0 fully saturated rings. The second kappa shape index (κ2) is 7.53. The maximum absolute atomic E-state index is 12.2. The number of rotatable bonds is 5. The van der Waals surface area contributed by atoms with Gasteiger partial charge in [0, 0.05) is 22.0 Å². The van der Waals surface area contributed by atoms with Crippen molar-refractivity contribution in [2.24, 2.45) is 0 Å². The summed E-state index contributed by atoms with van der Waals surface area (Å²) in [5.41, 5.74) is 3.03. The number of nitrogens with one attached hydrogen (secondary N) is 2. The van der Waals surface area contributed by atoms with Crippen LogP contribution in [0.2, 0.25) is 5.02 Å². The highest BCUT2D eigenvalue weighted by atomic mass is 35.5. The van der Waals surface area contributed by atoms with Crippen molar-refractivity contribution in [1.82, 2.24) is 4.98 Å². The molecule has 132 valence electrons. The second-order valence-electron chi connectivity index (χ2n) is 5.72. The zero-order chi connectivity index (χ0) is 18.7. The first-order valence-corrected chi connectivity index (χ1v) is 8.02. The number of hydrogen-bond acceptors (Lipinski definition) is 4. The third kappa shape index (κ3) is 4.09. The monoisotopic (exact) mass is 362 g/mol. The van der Waals surface area contributed by atoms with Crippen molar-refractivity contribution >= 4 is 34.9 Å². The Morgan fingerprint density at radius 1 is 1.16 bits per heavy atom. The van der Waals surface area contributed by atoms with Gasteiger partial charge in [-0.1, -0.05) is 17.7 Å². The van der Waals surface area contributed by atoms with Gasteiger partial charge >= 0.3 is 5.97 Å². The van der Waals surface area contributed by atoms with Crippen LogP contribution in [0.3, 0.4) is 0 Å². The third-order valence-electron chi connectivity index (χ3n) is 3.87. The number of carbonyl (C=O) groups is 3. The van der Waals surface area contributed by atoms with Gasteiger partial charge in [0.05, 0.1) is 0 Å². The maximum Gasteiger partial charge on any atom is 0.355 e. The minimum Gasteiger partial charge on any atom is -0.451 e. The lowest BCUT2D eigenvalue weighted by atomic mass is 10.1. The average molecular weight is 363 g/mol. The number of aryl methyl sites for hydroxylation is 1. The molecule has 0 unspecified atom stereocenters. The fourth-order valence-corrected chi connectivity index (χ4v) is 2.79. The molecular weight excluding hydrogens is 344 g/mol. The van der Waals surface area contributed by atoms with Crippen LogP contribution in [0, 0.1) is 20.8 Å². The van der Waals surface area contributed by atoms with Crippen LogP contribution in [0.25, 0.3) is 0 Å². The summed E-state index contributed by atoms with van der Waals surface area (Å²) in [5, 5.41) is 3.17. The summed E-state index contributed by atoms with van der Waals surface area (Å²) >= 11 is 6.00. The standard InChI is InChI=1S/C18H19ClN2O4/c1-9-13(19)6-5-7-14(9)21-15(23)8-25-18(24)17-10(2)16(12(4)22)11(3)20-17/h5-7,20H,8H2,1-4H3,(H,21,23). The molecule has 25 heavy (non-hydrogen) atoms. The molecule has 2 N–H and O–H groups in total. The van der Waals surface area contributed by atoms with Gasteiger partial charge in [-0.2, -0.15) is 0 Å². The quantitative estimate of drug-likeness (QED) is 0.628. The number of anilines is 1. The summed E-state index contributed by atoms with van der Waals surface area (Å²) in [6.45, 7) is 6.12. The first-order valence-electron chi connectivity index (χ1n) is 7.64. The van der Waals surface area contributed by atoms with Crippen molar-refractivity contribution < 1.29 is 19.1 Å². The fourth-order valence-electron chi connectivity index (χ4n) is 2.61. The van der Waals surface area contributed by atoms with Crippen LogP contribution in [-0.4, -0.2) is 29.3 Å². The molecule has 0 saturated heterocycles. The van der Waals surface area contributed by atoms with E-state index in [0.29, 0.717) is 27.5 Å². The van der Waals surface area contributed by atoms with Crippen molar-refractivity contribution in [3.63, 3.8) is 0 Å². The van der Waals surface area contributed by atoms with Crippen LogP contribution in [0.15, 0.2) is 18.2 Å². The lowest BCUT2D eigenvalue weighted by molar-refractivity contribution is -0.119. The molecule has 0 aliphatic heterocycles. The Kier molecular flexibility index (Phi) is 5.64. The van der Waals surface area contributed by atoms with Gasteiger partial charge in [0.15, 0.2) is 12.4 Å². The average Bonchev–Trinajstić information content (AvgIpc) is 2.84. The molecule has 0 saturated carbocycles. The maximum atomic E-state index is 12.2. The summed E-state index contributed by atoms with van der Waals surface area (Å²) in [6.07, 6.45) is 0. The van der Waals surface area contributed by atoms with Crippen molar-refractivity contribution in [2.75, 3.05) is 11.9 Å². The highest BCUT2D eigenvalue weighted by Gasteiger charge is 2.21. The number of benzene rings is 1. The van der Waals surface area contributed by atoms with Gasteiger partial charge in [0.25, 0.3) is 5.91 Å². The van der Waals surface area contributed by atoms with E-state index in [2.05, 4.69) is 10.3 Å². The molecule has 1 heterocycles. The molecule has 7 heteroatoms. The van der Waals surface area contributed by atoms with Gasteiger partial charge in [-0.3, -0.25) is 9.59 Å². The molecule has 6 nitrogen and oxygen atoms in total. The van der Waals surface area contributed by atoms with E-state index in [-0.39, 0.29) is 11.5 Å². The molecule has 0 aliphatic carbocycles. The van der Waals surface area contributed by atoms with E-state index < -0.39 is 18.5 Å². The molecule has 1 amide bonds. The normalized spacial score (nSPS) is 10.4. The summed E-state index contributed by atoms with van der Waals surface area (Å²) in [5.74, 6) is -1.31. The van der Waals surface area contributed by atoms with Crippen LogP contribution in [0.1, 0.15) is 44.6 Å². The molecule has 0 spiro atoms. The van der Waals surface area contributed by atoms with E-state index >= 15 is 0 Å². The Balaban J connectivity index is 2.03. The number of amides is 1. The van der Waals surface area contributed by atoms with Gasteiger partial charge in [-0.25, -0.2) is 4.79 Å².